The van der Waals surface area contributed by atoms with Gasteiger partial charge in [-0.25, -0.2) is 0 Å². The summed E-state index contributed by atoms with van der Waals surface area (Å²) in [7, 11) is 0. The number of hydrogen-bond donors (Lipinski definition) is 2. The number of hydrogen-bond acceptors (Lipinski definition) is 2. The maximum atomic E-state index is 12.3. The summed E-state index contributed by atoms with van der Waals surface area (Å²) in [6.45, 7) is 0. The fraction of sp³-hybridized carbons (Fsp3) is 0.250. The van der Waals surface area contributed by atoms with Crippen LogP contribution in [0, 0.1) is 0 Å². The van der Waals surface area contributed by atoms with Crippen LogP contribution in [0.5, 0.6) is 0 Å². The SMILES string of the molecule is O=C(Nc1ccccc1)c1c[nH]c2c1C(=O)CCCC2. The van der Waals surface area contributed by atoms with Crippen LogP contribution in [0.1, 0.15) is 45.7 Å². The fourth-order valence-corrected chi connectivity index (χ4v) is 2.59. The van der Waals surface area contributed by atoms with Gasteiger partial charge in [0.25, 0.3) is 5.91 Å². The largest absolute Gasteiger partial charge is 0.364 e. The highest BCUT2D eigenvalue weighted by molar-refractivity contribution is 6.13. The van der Waals surface area contributed by atoms with Crippen molar-refractivity contribution < 1.29 is 9.59 Å². The zero-order valence-corrected chi connectivity index (χ0v) is 11.1. The Labute approximate surface area is 117 Å². The van der Waals surface area contributed by atoms with E-state index in [-0.39, 0.29) is 11.7 Å². The van der Waals surface area contributed by atoms with Gasteiger partial charge in [0.15, 0.2) is 5.78 Å². The molecular weight excluding hydrogens is 252 g/mol. The molecule has 0 bridgehead atoms. The maximum Gasteiger partial charge on any atom is 0.257 e. The Morgan fingerprint density at radius 1 is 1.10 bits per heavy atom. The molecule has 4 heteroatoms. The third-order valence-corrected chi connectivity index (χ3v) is 3.60. The van der Waals surface area contributed by atoms with Crippen molar-refractivity contribution >= 4 is 17.4 Å². The van der Waals surface area contributed by atoms with E-state index in [1.807, 2.05) is 30.3 Å². The second kappa shape index (κ2) is 5.33. The number of nitrogens with one attached hydrogen (secondary N) is 2. The van der Waals surface area contributed by atoms with E-state index in [0.717, 1.165) is 30.6 Å². The number of ketones is 1. The molecule has 2 N–H and O–H groups in total. The lowest BCUT2D eigenvalue weighted by molar-refractivity contribution is 0.0965. The van der Waals surface area contributed by atoms with Crippen molar-refractivity contribution in [2.45, 2.75) is 25.7 Å². The van der Waals surface area contributed by atoms with E-state index in [4.69, 9.17) is 0 Å². The van der Waals surface area contributed by atoms with Crippen LogP contribution in [0.4, 0.5) is 5.69 Å². The lowest BCUT2D eigenvalue weighted by atomic mass is 10.0. The number of rotatable bonds is 2. The van der Waals surface area contributed by atoms with Gasteiger partial charge in [0, 0.05) is 24.0 Å². The van der Waals surface area contributed by atoms with Crippen molar-refractivity contribution in [1.82, 2.24) is 4.98 Å². The van der Waals surface area contributed by atoms with Gasteiger partial charge in [-0.15, -0.1) is 0 Å². The number of para-hydroxylation sites is 1. The number of H-pyrrole nitrogens is 1. The predicted molar refractivity (Wildman–Crippen MR) is 77.1 cm³/mol. The molecule has 4 nitrogen and oxygen atoms in total. The molecule has 2 aromatic rings. The molecule has 0 saturated heterocycles. The van der Waals surface area contributed by atoms with Gasteiger partial charge in [-0.3, -0.25) is 9.59 Å². The Balaban J connectivity index is 1.89. The number of Topliss-reactive ketones (excluding diaryl/α,β-unsaturated/α-hetero) is 1. The zero-order valence-electron chi connectivity index (χ0n) is 11.1. The Morgan fingerprint density at radius 3 is 2.65 bits per heavy atom. The number of fused-ring (bicyclic) bond motifs is 1. The quantitative estimate of drug-likeness (QED) is 0.822. The van der Waals surface area contributed by atoms with Gasteiger partial charge in [-0.1, -0.05) is 18.2 Å². The summed E-state index contributed by atoms with van der Waals surface area (Å²) in [5.74, 6) is -0.166. The first-order chi connectivity index (χ1) is 9.75. The molecule has 0 fully saturated rings. The highest BCUT2D eigenvalue weighted by Gasteiger charge is 2.24. The average molecular weight is 268 g/mol. The number of carbonyl (C=O) groups excluding carboxylic acids is 2. The summed E-state index contributed by atoms with van der Waals surface area (Å²) >= 11 is 0. The van der Waals surface area contributed by atoms with Crippen molar-refractivity contribution in [1.29, 1.82) is 0 Å². The Hall–Kier alpha value is -2.36. The first-order valence-corrected chi connectivity index (χ1v) is 6.85. The molecule has 20 heavy (non-hydrogen) atoms. The van der Waals surface area contributed by atoms with Crippen molar-refractivity contribution in [3.8, 4) is 0 Å². The molecular formula is C16H16N2O2. The third-order valence-electron chi connectivity index (χ3n) is 3.60. The van der Waals surface area contributed by atoms with Crippen LogP contribution in [0.25, 0.3) is 0 Å². The van der Waals surface area contributed by atoms with Gasteiger partial charge in [0.2, 0.25) is 0 Å². The average Bonchev–Trinajstić information content (AvgIpc) is 2.80. The smallest absolute Gasteiger partial charge is 0.257 e. The van der Waals surface area contributed by atoms with E-state index in [0.29, 0.717) is 17.5 Å². The van der Waals surface area contributed by atoms with Crippen LogP contribution >= 0.6 is 0 Å². The number of anilines is 1. The molecule has 0 aliphatic heterocycles. The van der Waals surface area contributed by atoms with E-state index in [9.17, 15) is 9.59 Å². The Bertz CT molecular complexity index is 644. The van der Waals surface area contributed by atoms with Gasteiger partial charge in [-0.05, 0) is 31.4 Å². The molecule has 0 radical (unpaired) electrons. The molecule has 0 saturated carbocycles. The molecule has 1 aliphatic rings. The molecule has 1 aliphatic carbocycles. The summed E-state index contributed by atoms with van der Waals surface area (Å²) < 4.78 is 0. The lowest BCUT2D eigenvalue weighted by Gasteiger charge is -2.05. The molecule has 1 aromatic heterocycles. The van der Waals surface area contributed by atoms with Crippen LogP contribution in [0.3, 0.4) is 0 Å². The summed E-state index contributed by atoms with van der Waals surface area (Å²) in [6.07, 6.45) is 4.88. The Kier molecular flexibility index (Phi) is 3.37. The highest BCUT2D eigenvalue weighted by atomic mass is 16.2. The minimum Gasteiger partial charge on any atom is -0.364 e. The van der Waals surface area contributed by atoms with Crippen LogP contribution in [-0.4, -0.2) is 16.7 Å². The second-order valence-electron chi connectivity index (χ2n) is 5.01. The van der Waals surface area contributed by atoms with Crippen molar-refractivity contribution in [3.63, 3.8) is 0 Å². The normalized spacial score (nSPS) is 14.5. The maximum absolute atomic E-state index is 12.3. The van der Waals surface area contributed by atoms with E-state index >= 15 is 0 Å². The first-order valence-electron chi connectivity index (χ1n) is 6.85. The van der Waals surface area contributed by atoms with Gasteiger partial charge in [0.1, 0.15) is 0 Å². The lowest BCUT2D eigenvalue weighted by Crippen LogP contribution is -2.15. The molecule has 0 atom stereocenters. The molecule has 0 spiro atoms. The van der Waals surface area contributed by atoms with Crippen molar-refractivity contribution in [3.05, 3.63) is 53.3 Å². The summed E-state index contributed by atoms with van der Waals surface area (Å²) in [6, 6.07) is 9.26. The summed E-state index contributed by atoms with van der Waals surface area (Å²) in [5.41, 5.74) is 2.66. The van der Waals surface area contributed by atoms with Gasteiger partial charge in [-0.2, -0.15) is 0 Å². The molecule has 1 amide bonds. The zero-order chi connectivity index (χ0) is 13.9. The highest BCUT2D eigenvalue weighted by Crippen LogP contribution is 2.24. The standard InChI is InChI=1S/C16H16N2O2/c19-14-9-5-4-8-13-15(14)12(10-17-13)16(20)18-11-6-2-1-3-7-11/h1-3,6-7,10,17H,4-5,8-9H2,(H,18,20). The number of benzene rings is 1. The van der Waals surface area contributed by atoms with Crippen molar-refractivity contribution in [2.24, 2.45) is 0 Å². The summed E-state index contributed by atoms with van der Waals surface area (Å²) in [4.78, 5) is 27.5. The van der Waals surface area contributed by atoms with E-state index in [1.54, 1.807) is 6.20 Å². The van der Waals surface area contributed by atoms with Crippen LogP contribution in [0.2, 0.25) is 0 Å². The van der Waals surface area contributed by atoms with E-state index in [1.165, 1.54) is 0 Å². The van der Waals surface area contributed by atoms with E-state index in [2.05, 4.69) is 10.3 Å². The second-order valence-corrected chi connectivity index (χ2v) is 5.01. The number of aryl methyl sites for hydroxylation is 1. The minimum atomic E-state index is -0.232. The van der Waals surface area contributed by atoms with Crippen LogP contribution in [0.15, 0.2) is 36.5 Å². The predicted octanol–water partition coefficient (Wildman–Crippen LogP) is 3.18. The third kappa shape index (κ3) is 2.37. The number of aromatic nitrogens is 1. The molecule has 1 heterocycles. The Morgan fingerprint density at radius 2 is 1.85 bits per heavy atom. The molecule has 102 valence electrons. The number of aromatic amines is 1. The van der Waals surface area contributed by atoms with E-state index < -0.39 is 0 Å². The first kappa shape index (κ1) is 12.7. The minimum absolute atomic E-state index is 0.0666. The molecule has 3 rings (SSSR count). The van der Waals surface area contributed by atoms with Gasteiger partial charge >= 0.3 is 0 Å². The number of carbonyl (C=O) groups is 2. The monoisotopic (exact) mass is 268 g/mol. The molecule has 1 aromatic carbocycles. The fourth-order valence-electron chi connectivity index (χ4n) is 2.59. The summed E-state index contributed by atoms with van der Waals surface area (Å²) in [5, 5.41) is 2.82. The van der Waals surface area contributed by atoms with Gasteiger partial charge in [0.05, 0.1) is 11.1 Å². The van der Waals surface area contributed by atoms with Crippen molar-refractivity contribution in [2.75, 3.05) is 5.32 Å². The topological polar surface area (TPSA) is 62.0 Å². The van der Waals surface area contributed by atoms with Gasteiger partial charge < -0.3 is 10.3 Å². The van der Waals surface area contributed by atoms with Crippen LogP contribution in [-0.2, 0) is 6.42 Å². The molecule has 0 unspecified atom stereocenters. The number of amides is 1. The van der Waals surface area contributed by atoms with Crippen LogP contribution < -0.4 is 5.32 Å².